The average Bonchev–Trinajstić information content (AvgIpc) is 2.70. The summed E-state index contributed by atoms with van der Waals surface area (Å²) >= 11 is 0. The predicted molar refractivity (Wildman–Crippen MR) is 98.5 cm³/mol. The number of carbonyl (C=O) groups excluding carboxylic acids is 2. The number of esters is 1. The zero-order valence-corrected chi connectivity index (χ0v) is 15.4. The second-order valence-electron chi connectivity index (χ2n) is 6.87. The number of halogens is 1. The Kier molecular flexibility index (Phi) is 5.84. The molecule has 0 saturated carbocycles. The van der Waals surface area contributed by atoms with E-state index in [1.54, 1.807) is 48.5 Å². The third kappa shape index (κ3) is 4.32. The molecule has 1 unspecified atom stereocenters. The number of nitrogens with zero attached hydrogens (tertiary/aromatic N) is 2. The minimum Gasteiger partial charge on any atom is -0.466 e. The molecule has 1 aliphatic rings. The molecule has 1 atom stereocenters. The lowest BCUT2D eigenvalue weighted by molar-refractivity contribution is -0.158. The number of carbonyl (C=O) groups is 2. The largest absolute Gasteiger partial charge is 0.466 e. The highest BCUT2D eigenvalue weighted by atomic mass is 19.1. The maximum atomic E-state index is 13.2. The molecule has 0 spiro atoms. The van der Waals surface area contributed by atoms with Crippen molar-refractivity contribution in [2.75, 3.05) is 19.7 Å². The normalized spacial score (nSPS) is 19.6. The Bertz CT molecular complexity index is 795. The van der Waals surface area contributed by atoms with Gasteiger partial charge in [0.25, 0.3) is 5.91 Å². The number of ether oxygens (including phenoxy) is 1. The quantitative estimate of drug-likeness (QED) is 0.758. The molecular formula is C21H23FN2O3. The third-order valence-corrected chi connectivity index (χ3v) is 4.96. The summed E-state index contributed by atoms with van der Waals surface area (Å²) in [6.45, 7) is 2.92. The van der Waals surface area contributed by atoms with Crippen LogP contribution in [0.25, 0.3) is 0 Å². The number of rotatable bonds is 5. The Hall–Kier alpha value is -2.76. The van der Waals surface area contributed by atoms with E-state index in [1.807, 2.05) is 0 Å². The topological polar surface area (TPSA) is 59.5 Å². The maximum absolute atomic E-state index is 13.2. The molecule has 2 aromatic rings. The van der Waals surface area contributed by atoms with Crippen molar-refractivity contribution in [1.82, 2.24) is 9.88 Å². The van der Waals surface area contributed by atoms with Crippen LogP contribution >= 0.6 is 0 Å². The van der Waals surface area contributed by atoms with Gasteiger partial charge in [0.05, 0.1) is 12.0 Å². The minimum absolute atomic E-state index is 0.120. The first kappa shape index (κ1) is 19.0. The maximum Gasteiger partial charge on any atom is 0.314 e. The molecule has 1 aromatic carbocycles. The summed E-state index contributed by atoms with van der Waals surface area (Å²) in [6.07, 6.45) is 4.90. The van der Waals surface area contributed by atoms with E-state index in [0.29, 0.717) is 31.4 Å². The van der Waals surface area contributed by atoms with Crippen LogP contribution in [0.1, 0.15) is 35.7 Å². The molecule has 2 heterocycles. The van der Waals surface area contributed by atoms with E-state index in [1.165, 1.54) is 12.1 Å². The number of likely N-dealkylation sites (tertiary alicyclic amines) is 1. The fourth-order valence-corrected chi connectivity index (χ4v) is 3.64. The molecule has 3 rings (SSSR count). The summed E-state index contributed by atoms with van der Waals surface area (Å²) in [5.74, 6) is -0.742. The number of aromatic nitrogens is 1. The van der Waals surface area contributed by atoms with Crippen LogP contribution in [-0.4, -0.2) is 41.5 Å². The molecular weight excluding hydrogens is 347 g/mol. The van der Waals surface area contributed by atoms with Gasteiger partial charge in [0, 0.05) is 31.0 Å². The predicted octanol–water partition coefficient (Wildman–Crippen LogP) is 3.25. The Morgan fingerprint density at radius 2 is 1.89 bits per heavy atom. The van der Waals surface area contributed by atoms with E-state index in [2.05, 4.69) is 4.98 Å². The van der Waals surface area contributed by atoms with Crippen molar-refractivity contribution >= 4 is 11.9 Å². The van der Waals surface area contributed by atoms with Crippen molar-refractivity contribution in [2.24, 2.45) is 5.41 Å². The highest BCUT2D eigenvalue weighted by molar-refractivity contribution is 5.94. The van der Waals surface area contributed by atoms with E-state index in [9.17, 15) is 14.0 Å². The molecule has 1 aromatic heterocycles. The summed E-state index contributed by atoms with van der Waals surface area (Å²) in [5, 5.41) is 0. The van der Waals surface area contributed by atoms with Crippen LogP contribution in [0.4, 0.5) is 4.39 Å². The van der Waals surface area contributed by atoms with Gasteiger partial charge in [0.2, 0.25) is 0 Å². The van der Waals surface area contributed by atoms with Gasteiger partial charge in [-0.25, -0.2) is 4.39 Å². The standard InChI is InChI=1S/C21H23FN2O3/c1-2-27-20(26)21(14-16-4-6-18(22)7-5-16)10-3-13-24(15-21)19(25)17-8-11-23-12-9-17/h4-9,11-12H,2-3,10,13-15H2,1H3. The van der Waals surface area contributed by atoms with E-state index in [-0.39, 0.29) is 30.8 Å². The number of amides is 1. The summed E-state index contributed by atoms with van der Waals surface area (Å²) in [6, 6.07) is 9.47. The van der Waals surface area contributed by atoms with Crippen molar-refractivity contribution in [3.05, 3.63) is 65.7 Å². The molecule has 27 heavy (non-hydrogen) atoms. The van der Waals surface area contributed by atoms with Crippen LogP contribution in [-0.2, 0) is 16.0 Å². The molecule has 1 aliphatic heterocycles. The SMILES string of the molecule is CCOC(=O)C1(Cc2ccc(F)cc2)CCCN(C(=O)c2ccncc2)C1. The van der Waals surface area contributed by atoms with E-state index >= 15 is 0 Å². The highest BCUT2D eigenvalue weighted by Crippen LogP contribution is 2.36. The van der Waals surface area contributed by atoms with Gasteiger partial charge in [-0.2, -0.15) is 0 Å². The lowest BCUT2D eigenvalue weighted by Gasteiger charge is -2.41. The number of benzene rings is 1. The summed E-state index contributed by atoms with van der Waals surface area (Å²) in [7, 11) is 0. The first-order chi connectivity index (χ1) is 13.0. The molecule has 6 heteroatoms. The van der Waals surface area contributed by atoms with Crippen LogP contribution in [0.5, 0.6) is 0 Å². The van der Waals surface area contributed by atoms with Gasteiger partial charge in [-0.3, -0.25) is 14.6 Å². The second kappa shape index (κ2) is 8.29. The molecule has 5 nitrogen and oxygen atoms in total. The number of hydrogen-bond donors (Lipinski definition) is 0. The first-order valence-electron chi connectivity index (χ1n) is 9.15. The monoisotopic (exact) mass is 370 g/mol. The lowest BCUT2D eigenvalue weighted by atomic mass is 9.75. The fraction of sp³-hybridized carbons (Fsp3) is 0.381. The molecule has 1 fully saturated rings. The highest BCUT2D eigenvalue weighted by Gasteiger charge is 2.44. The molecule has 0 aliphatic carbocycles. The third-order valence-electron chi connectivity index (χ3n) is 4.96. The molecule has 142 valence electrons. The van der Waals surface area contributed by atoms with Crippen LogP contribution in [0, 0.1) is 11.2 Å². The van der Waals surface area contributed by atoms with Gasteiger partial charge in [-0.1, -0.05) is 12.1 Å². The Morgan fingerprint density at radius 3 is 2.56 bits per heavy atom. The number of piperidine rings is 1. The van der Waals surface area contributed by atoms with Crippen LogP contribution < -0.4 is 0 Å². The number of hydrogen-bond acceptors (Lipinski definition) is 4. The Morgan fingerprint density at radius 1 is 1.19 bits per heavy atom. The molecule has 0 radical (unpaired) electrons. The number of pyridine rings is 1. The van der Waals surface area contributed by atoms with Gasteiger partial charge in [0.1, 0.15) is 5.82 Å². The summed E-state index contributed by atoms with van der Waals surface area (Å²) in [4.78, 5) is 31.4. The zero-order valence-electron chi connectivity index (χ0n) is 15.4. The molecule has 1 saturated heterocycles. The van der Waals surface area contributed by atoms with Crippen molar-refractivity contribution in [1.29, 1.82) is 0 Å². The summed E-state index contributed by atoms with van der Waals surface area (Å²) in [5.41, 5.74) is 0.573. The molecule has 1 amide bonds. The van der Waals surface area contributed by atoms with Crippen molar-refractivity contribution in [2.45, 2.75) is 26.2 Å². The van der Waals surface area contributed by atoms with E-state index in [4.69, 9.17) is 4.74 Å². The van der Waals surface area contributed by atoms with Crippen LogP contribution in [0.15, 0.2) is 48.8 Å². The average molecular weight is 370 g/mol. The summed E-state index contributed by atoms with van der Waals surface area (Å²) < 4.78 is 18.6. The van der Waals surface area contributed by atoms with Crippen molar-refractivity contribution in [3.8, 4) is 0 Å². The van der Waals surface area contributed by atoms with Crippen molar-refractivity contribution < 1.29 is 18.7 Å². The molecule has 0 bridgehead atoms. The fourth-order valence-electron chi connectivity index (χ4n) is 3.64. The van der Waals surface area contributed by atoms with Gasteiger partial charge in [0.15, 0.2) is 0 Å². The Balaban J connectivity index is 1.86. The van der Waals surface area contributed by atoms with E-state index < -0.39 is 5.41 Å². The van der Waals surface area contributed by atoms with Crippen molar-refractivity contribution in [3.63, 3.8) is 0 Å². The second-order valence-corrected chi connectivity index (χ2v) is 6.87. The Labute approximate surface area is 158 Å². The van der Waals surface area contributed by atoms with Gasteiger partial charge >= 0.3 is 5.97 Å². The van der Waals surface area contributed by atoms with E-state index in [0.717, 1.165) is 5.56 Å². The van der Waals surface area contributed by atoms with Gasteiger partial charge in [-0.15, -0.1) is 0 Å². The minimum atomic E-state index is -0.825. The van der Waals surface area contributed by atoms with Crippen LogP contribution in [0.2, 0.25) is 0 Å². The van der Waals surface area contributed by atoms with Gasteiger partial charge < -0.3 is 9.64 Å². The lowest BCUT2D eigenvalue weighted by Crippen LogP contribution is -2.51. The van der Waals surface area contributed by atoms with Gasteiger partial charge in [-0.05, 0) is 56.0 Å². The smallest absolute Gasteiger partial charge is 0.314 e. The van der Waals surface area contributed by atoms with Crippen LogP contribution in [0.3, 0.4) is 0 Å². The molecule has 0 N–H and O–H groups in total. The first-order valence-corrected chi connectivity index (χ1v) is 9.15. The zero-order chi connectivity index (χ0) is 19.3.